The van der Waals surface area contributed by atoms with E-state index >= 15 is 0 Å². The molecule has 7 heteroatoms. The number of aromatic carboxylic acids is 1. The number of rotatable bonds is 7. The molecular formula is C14H19F3N2O2. The zero-order chi connectivity index (χ0) is 16.0. The zero-order valence-electron chi connectivity index (χ0n) is 12.1. The van der Waals surface area contributed by atoms with Crippen molar-refractivity contribution < 1.29 is 23.1 Å². The van der Waals surface area contributed by atoms with Crippen LogP contribution < -0.4 is 4.90 Å². The fourth-order valence-corrected chi connectivity index (χ4v) is 2.00. The molecule has 4 nitrogen and oxygen atoms in total. The van der Waals surface area contributed by atoms with Crippen LogP contribution in [-0.4, -0.2) is 35.3 Å². The number of halogens is 3. The highest BCUT2D eigenvalue weighted by atomic mass is 19.4. The van der Waals surface area contributed by atoms with Crippen LogP contribution in [0.15, 0.2) is 12.1 Å². The summed E-state index contributed by atoms with van der Waals surface area (Å²) in [4.78, 5) is 16.4. The predicted molar refractivity (Wildman–Crippen MR) is 73.8 cm³/mol. The van der Waals surface area contributed by atoms with Gasteiger partial charge in [0, 0.05) is 12.2 Å². The summed E-state index contributed by atoms with van der Waals surface area (Å²) < 4.78 is 37.9. The lowest BCUT2D eigenvalue weighted by Gasteiger charge is -2.25. The lowest BCUT2D eigenvalue weighted by Crippen LogP contribution is -2.35. The Morgan fingerprint density at radius 2 is 1.95 bits per heavy atom. The third-order valence-corrected chi connectivity index (χ3v) is 2.81. The molecule has 0 aliphatic rings. The van der Waals surface area contributed by atoms with Crippen LogP contribution >= 0.6 is 0 Å². The summed E-state index contributed by atoms with van der Waals surface area (Å²) in [7, 11) is 0. The van der Waals surface area contributed by atoms with Crippen molar-refractivity contribution in [3.8, 4) is 0 Å². The maximum Gasteiger partial charge on any atom is 0.405 e. The van der Waals surface area contributed by atoms with E-state index in [2.05, 4.69) is 4.98 Å². The van der Waals surface area contributed by atoms with Gasteiger partial charge in [0.2, 0.25) is 0 Å². The van der Waals surface area contributed by atoms with E-state index in [0.29, 0.717) is 18.5 Å². The summed E-state index contributed by atoms with van der Waals surface area (Å²) in [5.74, 6) is -1.10. The normalized spacial score (nSPS) is 11.5. The van der Waals surface area contributed by atoms with Gasteiger partial charge in [-0.15, -0.1) is 0 Å². The van der Waals surface area contributed by atoms with Gasteiger partial charge in [-0.1, -0.05) is 20.3 Å². The fourth-order valence-electron chi connectivity index (χ4n) is 2.00. The number of nitrogens with zero attached hydrogens (tertiary/aromatic N) is 2. The first-order chi connectivity index (χ1) is 9.76. The monoisotopic (exact) mass is 304 g/mol. The molecule has 1 heterocycles. The lowest BCUT2D eigenvalue weighted by molar-refractivity contribution is -0.119. The molecule has 1 N–H and O–H groups in total. The van der Waals surface area contributed by atoms with E-state index in [4.69, 9.17) is 5.11 Å². The molecule has 0 amide bonds. The minimum atomic E-state index is -4.36. The molecule has 0 saturated heterocycles. The number of alkyl halides is 3. The van der Waals surface area contributed by atoms with Crippen LogP contribution in [0.25, 0.3) is 0 Å². The van der Waals surface area contributed by atoms with Crippen LogP contribution in [-0.2, 0) is 6.42 Å². The van der Waals surface area contributed by atoms with Crippen LogP contribution in [0, 0.1) is 0 Å². The number of aryl methyl sites for hydroxylation is 1. The van der Waals surface area contributed by atoms with Gasteiger partial charge in [0.05, 0.1) is 5.56 Å². The van der Waals surface area contributed by atoms with Crippen molar-refractivity contribution in [1.29, 1.82) is 0 Å². The lowest BCUT2D eigenvalue weighted by atomic mass is 10.1. The van der Waals surface area contributed by atoms with Crippen LogP contribution in [0.3, 0.4) is 0 Å². The predicted octanol–water partition coefficient (Wildman–Crippen LogP) is 3.51. The molecule has 1 aromatic heterocycles. The van der Waals surface area contributed by atoms with Gasteiger partial charge < -0.3 is 10.0 Å². The Kier molecular flexibility index (Phi) is 5.99. The summed E-state index contributed by atoms with van der Waals surface area (Å²) in [6.07, 6.45) is -2.58. The van der Waals surface area contributed by atoms with Crippen LogP contribution in [0.4, 0.5) is 19.0 Å². The van der Waals surface area contributed by atoms with Crippen molar-refractivity contribution in [2.45, 2.75) is 39.3 Å². The smallest absolute Gasteiger partial charge is 0.405 e. The van der Waals surface area contributed by atoms with E-state index in [1.807, 2.05) is 6.92 Å². The van der Waals surface area contributed by atoms with Gasteiger partial charge in [-0.05, 0) is 25.0 Å². The van der Waals surface area contributed by atoms with Crippen molar-refractivity contribution in [3.05, 3.63) is 23.4 Å². The Labute approximate surface area is 121 Å². The van der Waals surface area contributed by atoms with Gasteiger partial charge in [-0.3, -0.25) is 0 Å². The van der Waals surface area contributed by atoms with Crippen molar-refractivity contribution in [3.63, 3.8) is 0 Å². The second kappa shape index (κ2) is 7.28. The first-order valence-corrected chi connectivity index (χ1v) is 6.82. The third-order valence-electron chi connectivity index (χ3n) is 2.81. The van der Waals surface area contributed by atoms with Crippen molar-refractivity contribution >= 4 is 11.8 Å². The Morgan fingerprint density at radius 3 is 2.43 bits per heavy atom. The largest absolute Gasteiger partial charge is 0.478 e. The SMILES string of the molecule is CCCc1cc(C(=O)O)cc(N(CCC)CC(F)(F)F)n1. The average Bonchev–Trinajstić information content (AvgIpc) is 2.36. The third kappa shape index (κ3) is 5.61. The van der Waals surface area contributed by atoms with Crippen molar-refractivity contribution in [2.75, 3.05) is 18.0 Å². The van der Waals surface area contributed by atoms with E-state index in [1.54, 1.807) is 6.92 Å². The molecule has 0 radical (unpaired) electrons. The molecular weight excluding hydrogens is 285 g/mol. The number of carboxylic acid groups (broad SMARTS) is 1. The Hall–Kier alpha value is -1.79. The van der Waals surface area contributed by atoms with E-state index in [1.165, 1.54) is 12.1 Å². The zero-order valence-corrected chi connectivity index (χ0v) is 12.1. The van der Waals surface area contributed by atoms with E-state index < -0.39 is 18.7 Å². The summed E-state index contributed by atoms with van der Waals surface area (Å²) in [6, 6.07) is 2.61. The molecule has 0 aliphatic heterocycles. The number of hydrogen-bond acceptors (Lipinski definition) is 3. The first kappa shape index (κ1) is 17.3. The second-order valence-electron chi connectivity index (χ2n) is 4.80. The minimum absolute atomic E-state index is 0.0354. The molecule has 0 spiro atoms. The maximum atomic E-state index is 12.6. The number of carbonyl (C=O) groups is 1. The summed E-state index contributed by atoms with van der Waals surface area (Å²) in [5.41, 5.74) is 0.461. The number of pyridine rings is 1. The van der Waals surface area contributed by atoms with E-state index in [9.17, 15) is 18.0 Å². The number of carboxylic acids is 1. The van der Waals surface area contributed by atoms with E-state index in [0.717, 1.165) is 11.3 Å². The fraction of sp³-hybridized carbons (Fsp3) is 0.571. The maximum absolute atomic E-state index is 12.6. The Bertz CT molecular complexity index is 490. The Balaban J connectivity index is 3.18. The van der Waals surface area contributed by atoms with Crippen LogP contribution in [0.1, 0.15) is 42.7 Å². The minimum Gasteiger partial charge on any atom is -0.478 e. The van der Waals surface area contributed by atoms with Gasteiger partial charge in [-0.2, -0.15) is 13.2 Å². The number of aromatic nitrogens is 1. The molecule has 0 fully saturated rings. The van der Waals surface area contributed by atoms with Gasteiger partial charge in [0.1, 0.15) is 12.4 Å². The van der Waals surface area contributed by atoms with Crippen LogP contribution in [0.5, 0.6) is 0 Å². The van der Waals surface area contributed by atoms with Gasteiger partial charge >= 0.3 is 12.1 Å². The molecule has 1 rings (SSSR count). The highest BCUT2D eigenvalue weighted by Crippen LogP contribution is 2.23. The Morgan fingerprint density at radius 1 is 1.29 bits per heavy atom. The van der Waals surface area contributed by atoms with Crippen molar-refractivity contribution in [1.82, 2.24) is 4.98 Å². The second-order valence-corrected chi connectivity index (χ2v) is 4.80. The molecule has 118 valence electrons. The average molecular weight is 304 g/mol. The topological polar surface area (TPSA) is 53.4 Å². The molecule has 21 heavy (non-hydrogen) atoms. The summed E-state index contributed by atoms with van der Waals surface area (Å²) >= 11 is 0. The highest BCUT2D eigenvalue weighted by molar-refractivity contribution is 5.88. The van der Waals surface area contributed by atoms with Gasteiger partial charge in [0.15, 0.2) is 0 Å². The van der Waals surface area contributed by atoms with Crippen molar-refractivity contribution in [2.24, 2.45) is 0 Å². The van der Waals surface area contributed by atoms with E-state index in [-0.39, 0.29) is 17.9 Å². The highest BCUT2D eigenvalue weighted by Gasteiger charge is 2.31. The molecule has 1 aromatic rings. The molecule has 0 aliphatic carbocycles. The first-order valence-electron chi connectivity index (χ1n) is 6.82. The number of anilines is 1. The standard InChI is InChI=1S/C14H19F3N2O2/c1-3-5-11-7-10(13(20)21)8-12(18-11)19(6-4-2)9-14(15,16)17/h7-8H,3-6,9H2,1-2H3,(H,20,21). The molecule has 0 atom stereocenters. The molecule has 0 saturated carbocycles. The van der Waals surface area contributed by atoms with Gasteiger partial charge in [-0.25, -0.2) is 9.78 Å². The van der Waals surface area contributed by atoms with Gasteiger partial charge in [0.25, 0.3) is 0 Å². The molecule has 0 aromatic carbocycles. The quantitative estimate of drug-likeness (QED) is 0.837. The summed E-state index contributed by atoms with van der Waals surface area (Å²) in [6.45, 7) is 2.69. The summed E-state index contributed by atoms with van der Waals surface area (Å²) in [5, 5.41) is 9.08. The number of hydrogen-bond donors (Lipinski definition) is 1. The molecule has 0 unspecified atom stereocenters. The molecule has 0 bridgehead atoms. The van der Waals surface area contributed by atoms with Crippen LogP contribution in [0.2, 0.25) is 0 Å².